The van der Waals surface area contributed by atoms with E-state index in [2.05, 4.69) is 30.3 Å². The molecule has 4 aromatic rings. The van der Waals surface area contributed by atoms with E-state index in [9.17, 15) is 10.0 Å². The summed E-state index contributed by atoms with van der Waals surface area (Å²) in [5.41, 5.74) is 2.93. The summed E-state index contributed by atoms with van der Waals surface area (Å²) in [4.78, 5) is 0. The first-order valence-electron chi connectivity index (χ1n) is 7.10. The van der Waals surface area contributed by atoms with Crippen LogP contribution < -0.4 is 5.46 Å². The van der Waals surface area contributed by atoms with Crippen LogP contribution in [0.4, 0.5) is 0 Å². The van der Waals surface area contributed by atoms with E-state index in [-0.39, 0.29) is 0 Å². The van der Waals surface area contributed by atoms with Crippen molar-refractivity contribution >= 4 is 44.1 Å². The molecule has 2 nitrogen and oxygen atoms in total. The van der Waals surface area contributed by atoms with Crippen LogP contribution in [0.15, 0.2) is 66.7 Å². The van der Waals surface area contributed by atoms with Crippen molar-refractivity contribution in [3.05, 3.63) is 66.7 Å². The highest BCUT2D eigenvalue weighted by molar-refractivity contribution is 7.25. The summed E-state index contributed by atoms with van der Waals surface area (Å²) < 4.78 is 2.37. The van der Waals surface area contributed by atoms with Crippen LogP contribution in [0.3, 0.4) is 0 Å². The van der Waals surface area contributed by atoms with Crippen LogP contribution in [0.1, 0.15) is 0 Å². The maximum absolute atomic E-state index is 9.34. The van der Waals surface area contributed by atoms with Crippen molar-refractivity contribution in [2.24, 2.45) is 0 Å². The van der Waals surface area contributed by atoms with Gasteiger partial charge in [0.05, 0.1) is 0 Å². The lowest BCUT2D eigenvalue weighted by molar-refractivity contribution is 0.426. The first-order chi connectivity index (χ1) is 10.7. The van der Waals surface area contributed by atoms with Crippen LogP contribution in [0.25, 0.3) is 31.3 Å². The van der Waals surface area contributed by atoms with Crippen LogP contribution in [-0.4, -0.2) is 17.2 Å². The van der Waals surface area contributed by atoms with E-state index in [0.29, 0.717) is 5.46 Å². The summed E-state index contributed by atoms with van der Waals surface area (Å²) in [5, 5.41) is 20.9. The molecule has 0 bridgehead atoms. The summed E-state index contributed by atoms with van der Waals surface area (Å²) >= 11 is 1.73. The number of benzene rings is 3. The van der Waals surface area contributed by atoms with Gasteiger partial charge in [-0.2, -0.15) is 0 Å². The van der Waals surface area contributed by atoms with Gasteiger partial charge in [0, 0.05) is 14.8 Å². The normalized spacial score (nSPS) is 11.2. The molecule has 4 heteroatoms. The molecular formula is C18H13BO2S. The lowest BCUT2D eigenvalue weighted by Gasteiger charge is -2.02. The fourth-order valence-corrected chi connectivity index (χ4v) is 3.89. The Balaban J connectivity index is 1.93. The van der Waals surface area contributed by atoms with Crippen molar-refractivity contribution in [1.82, 2.24) is 0 Å². The zero-order valence-electron chi connectivity index (χ0n) is 11.7. The third-order valence-corrected chi connectivity index (χ3v) is 5.03. The minimum Gasteiger partial charge on any atom is -0.423 e. The van der Waals surface area contributed by atoms with Gasteiger partial charge in [-0.05, 0) is 34.1 Å². The summed E-state index contributed by atoms with van der Waals surface area (Å²) in [6.07, 6.45) is 0. The molecular weight excluding hydrogens is 291 g/mol. The SMILES string of the molecule is OB(O)c1ccc2sc3cc(-c4ccccc4)ccc3c2c1. The van der Waals surface area contributed by atoms with Crippen molar-refractivity contribution in [1.29, 1.82) is 0 Å². The molecule has 0 radical (unpaired) electrons. The molecule has 1 heterocycles. The van der Waals surface area contributed by atoms with Crippen molar-refractivity contribution in [3.8, 4) is 11.1 Å². The predicted octanol–water partition coefficient (Wildman–Crippen LogP) is 3.40. The number of hydrogen-bond acceptors (Lipinski definition) is 3. The lowest BCUT2D eigenvalue weighted by atomic mass is 9.80. The molecule has 0 saturated carbocycles. The highest BCUT2D eigenvalue weighted by atomic mass is 32.1. The molecule has 3 aromatic carbocycles. The Morgan fingerprint density at radius 1 is 0.682 bits per heavy atom. The van der Waals surface area contributed by atoms with Crippen molar-refractivity contribution < 1.29 is 10.0 Å². The lowest BCUT2D eigenvalue weighted by Crippen LogP contribution is -2.29. The Labute approximate surface area is 132 Å². The molecule has 2 N–H and O–H groups in total. The molecule has 0 amide bonds. The molecule has 106 valence electrons. The molecule has 0 aliphatic carbocycles. The number of thiophene rings is 1. The molecule has 0 aliphatic rings. The fourth-order valence-electron chi connectivity index (χ4n) is 2.77. The Morgan fingerprint density at radius 2 is 1.50 bits per heavy atom. The van der Waals surface area contributed by atoms with Gasteiger partial charge in [0.1, 0.15) is 0 Å². The first-order valence-corrected chi connectivity index (χ1v) is 7.92. The molecule has 4 rings (SSSR count). The quantitative estimate of drug-likeness (QED) is 0.557. The maximum atomic E-state index is 9.34. The van der Waals surface area contributed by atoms with Gasteiger partial charge >= 0.3 is 7.12 Å². The predicted molar refractivity (Wildman–Crippen MR) is 94.6 cm³/mol. The third-order valence-electron chi connectivity index (χ3n) is 3.90. The second kappa shape index (κ2) is 5.25. The standard InChI is InChI=1S/C18H13BO2S/c20-19(21)14-7-9-17-16(11-14)15-8-6-13(10-18(15)22-17)12-4-2-1-3-5-12/h1-11,20-21H. The van der Waals surface area contributed by atoms with Gasteiger partial charge in [-0.3, -0.25) is 0 Å². The van der Waals surface area contributed by atoms with Gasteiger partial charge in [-0.1, -0.05) is 54.6 Å². The van der Waals surface area contributed by atoms with Crippen molar-refractivity contribution in [3.63, 3.8) is 0 Å². The van der Waals surface area contributed by atoms with E-state index in [1.165, 1.54) is 15.8 Å². The van der Waals surface area contributed by atoms with E-state index >= 15 is 0 Å². The largest absolute Gasteiger partial charge is 0.488 e. The Morgan fingerprint density at radius 3 is 2.27 bits per heavy atom. The van der Waals surface area contributed by atoms with Gasteiger partial charge in [-0.25, -0.2) is 0 Å². The van der Waals surface area contributed by atoms with Crippen LogP contribution >= 0.6 is 11.3 Å². The fraction of sp³-hybridized carbons (Fsp3) is 0. The minimum absolute atomic E-state index is 0.527. The molecule has 0 aliphatic heterocycles. The molecule has 1 aromatic heterocycles. The van der Waals surface area contributed by atoms with Crippen LogP contribution in [0.2, 0.25) is 0 Å². The summed E-state index contributed by atoms with van der Waals surface area (Å²) in [7, 11) is -1.43. The van der Waals surface area contributed by atoms with Crippen LogP contribution in [0.5, 0.6) is 0 Å². The minimum atomic E-state index is -1.43. The van der Waals surface area contributed by atoms with E-state index in [4.69, 9.17) is 0 Å². The van der Waals surface area contributed by atoms with E-state index in [1.807, 2.05) is 30.3 Å². The van der Waals surface area contributed by atoms with Crippen molar-refractivity contribution in [2.75, 3.05) is 0 Å². The average molecular weight is 304 g/mol. The summed E-state index contributed by atoms with van der Waals surface area (Å²) in [6, 6.07) is 22.3. The molecule has 22 heavy (non-hydrogen) atoms. The van der Waals surface area contributed by atoms with Crippen LogP contribution in [0, 0.1) is 0 Å². The van der Waals surface area contributed by atoms with E-state index < -0.39 is 7.12 Å². The Kier molecular flexibility index (Phi) is 3.23. The number of hydrogen-bond donors (Lipinski definition) is 2. The maximum Gasteiger partial charge on any atom is 0.488 e. The zero-order valence-corrected chi connectivity index (χ0v) is 12.5. The summed E-state index contributed by atoms with van der Waals surface area (Å²) in [6.45, 7) is 0. The Bertz CT molecular complexity index is 961. The molecule has 0 unspecified atom stereocenters. The van der Waals surface area contributed by atoms with E-state index in [1.54, 1.807) is 17.4 Å². The van der Waals surface area contributed by atoms with Crippen LogP contribution in [-0.2, 0) is 0 Å². The van der Waals surface area contributed by atoms with E-state index in [0.717, 1.165) is 15.5 Å². The average Bonchev–Trinajstić information content (AvgIpc) is 2.92. The Hall–Kier alpha value is -2.14. The monoisotopic (exact) mass is 304 g/mol. The third kappa shape index (κ3) is 2.22. The highest BCUT2D eigenvalue weighted by Crippen LogP contribution is 2.35. The van der Waals surface area contributed by atoms with Gasteiger partial charge in [0.15, 0.2) is 0 Å². The first kappa shape index (κ1) is 13.5. The molecule has 0 spiro atoms. The molecule has 0 saturated heterocycles. The molecule has 0 atom stereocenters. The van der Waals surface area contributed by atoms with Gasteiger partial charge in [0.2, 0.25) is 0 Å². The topological polar surface area (TPSA) is 40.5 Å². The highest BCUT2D eigenvalue weighted by Gasteiger charge is 2.13. The smallest absolute Gasteiger partial charge is 0.423 e. The second-order valence-corrected chi connectivity index (χ2v) is 6.39. The molecule has 0 fully saturated rings. The van der Waals surface area contributed by atoms with Gasteiger partial charge in [-0.15, -0.1) is 11.3 Å². The van der Waals surface area contributed by atoms with Gasteiger partial charge < -0.3 is 10.0 Å². The number of rotatable bonds is 2. The summed E-state index contributed by atoms with van der Waals surface area (Å²) in [5.74, 6) is 0. The number of fused-ring (bicyclic) bond motifs is 3. The van der Waals surface area contributed by atoms with Gasteiger partial charge in [0.25, 0.3) is 0 Å². The zero-order chi connectivity index (χ0) is 15.1. The van der Waals surface area contributed by atoms with Crippen molar-refractivity contribution in [2.45, 2.75) is 0 Å². The second-order valence-electron chi connectivity index (χ2n) is 5.31.